The summed E-state index contributed by atoms with van der Waals surface area (Å²) in [5.41, 5.74) is 9.08. The van der Waals surface area contributed by atoms with Crippen molar-refractivity contribution in [1.29, 1.82) is 0 Å². The third-order valence-electron chi connectivity index (χ3n) is 6.28. The lowest BCUT2D eigenvalue weighted by Gasteiger charge is -2.37. The minimum absolute atomic E-state index is 0.120. The van der Waals surface area contributed by atoms with Crippen LogP contribution >= 0.6 is 0 Å². The third-order valence-corrected chi connectivity index (χ3v) is 6.28. The molecule has 31 heavy (non-hydrogen) atoms. The van der Waals surface area contributed by atoms with Gasteiger partial charge in [0.2, 0.25) is 0 Å². The van der Waals surface area contributed by atoms with Crippen molar-refractivity contribution in [3.63, 3.8) is 0 Å². The first-order chi connectivity index (χ1) is 14.2. The van der Waals surface area contributed by atoms with Crippen molar-refractivity contribution in [2.24, 2.45) is 11.1 Å². The van der Waals surface area contributed by atoms with E-state index in [-0.39, 0.29) is 11.1 Å². The number of aromatic nitrogens is 2. The van der Waals surface area contributed by atoms with Gasteiger partial charge in [-0.05, 0) is 64.5 Å². The first-order valence-corrected chi connectivity index (χ1v) is 10.6. The second kappa shape index (κ2) is 9.46. The highest BCUT2D eigenvalue weighted by atomic mass is 19.4. The topological polar surface area (TPSA) is 113 Å². The molecule has 1 aromatic rings. The number of carbonyl (C=O) groups is 1. The van der Waals surface area contributed by atoms with E-state index < -0.39 is 12.1 Å². The van der Waals surface area contributed by atoms with E-state index in [0.29, 0.717) is 11.3 Å². The molecular formula is C21H35F3N4O3. The number of rotatable bonds is 5. The quantitative estimate of drug-likeness (QED) is 0.547. The largest absolute Gasteiger partial charge is 0.490 e. The van der Waals surface area contributed by atoms with E-state index in [4.69, 9.17) is 20.4 Å². The predicted molar refractivity (Wildman–Crippen MR) is 111 cm³/mol. The minimum Gasteiger partial charge on any atom is -0.475 e. The van der Waals surface area contributed by atoms with Gasteiger partial charge < -0.3 is 20.9 Å². The van der Waals surface area contributed by atoms with E-state index in [1.165, 1.54) is 17.7 Å². The molecule has 0 bridgehead atoms. The average molecular weight is 449 g/mol. The monoisotopic (exact) mass is 448 g/mol. The molecule has 1 unspecified atom stereocenters. The number of nitrogens with zero attached hydrogens (tertiary/aromatic N) is 1. The van der Waals surface area contributed by atoms with Gasteiger partial charge in [-0.15, -0.1) is 0 Å². The first kappa shape index (κ1) is 25.6. The average Bonchev–Trinajstić information content (AvgIpc) is 3.26. The standard InChI is InChI=1S/C19H34N4O.C2HF3O2/c1-17(2)12-19(24-13-17)7-5-14(6-8-19)16-15(11-22-23-16)18(3,20)9-10-21-4;3-2(4,5)1(6)7/h11,14,21H,5-10,12-13,20H2,1-4H3,(H,22,23);(H,6,7)/t14-,18?,19-;. The molecule has 0 aromatic carbocycles. The van der Waals surface area contributed by atoms with Crippen molar-refractivity contribution in [3.05, 3.63) is 17.5 Å². The SMILES string of the molecule is CNCCC(C)(N)c1c[nH]nc1[C@H]1CC[C@]2(CC1)CC(C)(C)CO2.O=C(O)C(F)(F)F. The number of carboxylic acid groups (broad SMARTS) is 1. The van der Waals surface area contributed by atoms with Gasteiger partial charge >= 0.3 is 12.1 Å². The summed E-state index contributed by atoms with van der Waals surface area (Å²) in [6.45, 7) is 8.57. The highest BCUT2D eigenvalue weighted by Gasteiger charge is 2.47. The van der Waals surface area contributed by atoms with Crippen LogP contribution in [0.1, 0.15) is 76.5 Å². The number of nitrogens with one attached hydrogen (secondary N) is 2. The summed E-state index contributed by atoms with van der Waals surface area (Å²) in [7, 11) is 1.97. The fraction of sp³-hybridized carbons (Fsp3) is 0.810. The molecule has 5 N–H and O–H groups in total. The highest BCUT2D eigenvalue weighted by molar-refractivity contribution is 5.73. The summed E-state index contributed by atoms with van der Waals surface area (Å²) in [6, 6.07) is 0. The fourth-order valence-electron chi connectivity index (χ4n) is 4.65. The molecule has 2 aliphatic rings. The number of hydrogen-bond donors (Lipinski definition) is 4. The molecule has 1 aromatic heterocycles. The second-order valence-electron chi connectivity index (χ2n) is 9.85. The van der Waals surface area contributed by atoms with Gasteiger partial charge in [0, 0.05) is 23.2 Å². The van der Waals surface area contributed by atoms with Crippen LogP contribution in [-0.2, 0) is 15.1 Å². The molecule has 3 rings (SSSR count). The summed E-state index contributed by atoms with van der Waals surface area (Å²) in [4.78, 5) is 8.90. The van der Waals surface area contributed by atoms with E-state index >= 15 is 0 Å². The van der Waals surface area contributed by atoms with Crippen LogP contribution in [0.4, 0.5) is 13.2 Å². The van der Waals surface area contributed by atoms with Crippen LogP contribution in [-0.4, -0.2) is 53.2 Å². The summed E-state index contributed by atoms with van der Waals surface area (Å²) >= 11 is 0. The lowest BCUT2D eigenvalue weighted by molar-refractivity contribution is -0.192. The molecule has 2 fully saturated rings. The van der Waals surface area contributed by atoms with Crippen molar-refractivity contribution >= 4 is 5.97 Å². The number of nitrogens with two attached hydrogens (primary N) is 1. The Balaban J connectivity index is 0.000000423. The molecule has 2 heterocycles. The minimum atomic E-state index is -5.08. The van der Waals surface area contributed by atoms with Gasteiger partial charge in [-0.3, -0.25) is 5.10 Å². The zero-order valence-corrected chi connectivity index (χ0v) is 18.7. The van der Waals surface area contributed by atoms with Crippen LogP contribution < -0.4 is 11.1 Å². The van der Waals surface area contributed by atoms with Crippen molar-refractivity contribution in [1.82, 2.24) is 15.5 Å². The molecule has 7 nitrogen and oxygen atoms in total. The van der Waals surface area contributed by atoms with E-state index in [1.807, 2.05) is 13.2 Å². The Morgan fingerprint density at radius 2 is 1.97 bits per heavy atom. The number of halogens is 3. The first-order valence-electron chi connectivity index (χ1n) is 10.6. The molecule has 1 aliphatic carbocycles. The molecule has 1 aliphatic heterocycles. The summed E-state index contributed by atoms with van der Waals surface area (Å²) in [5, 5.41) is 18.0. The molecule has 1 saturated heterocycles. The maximum Gasteiger partial charge on any atom is 0.490 e. The Kier molecular flexibility index (Phi) is 7.81. The number of carboxylic acids is 1. The predicted octanol–water partition coefficient (Wildman–Crippen LogP) is 3.67. The zero-order chi connectivity index (χ0) is 23.5. The number of hydrogen-bond acceptors (Lipinski definition) is 5. The van der Waals surface area contributed by atoms with Crippen LogP contribution in [0.2, 0.25) is 0 Å². The van der Waals surface area contributed by atoms with Crippen molar-refractivity contribution in [2.45, 2.75) is 82.5 Å². The van der Waals surface area contributed by atoms with Crippen LogP contribution in [0.15, 0.2) is 6.20 Å². The van der Waals surface area contributed by atoms with Crippen LogP contribution in [0.5, 0.6) is 0 Å². The summed E-state index contributed by atoms with van der Waals surface area (Å²) in [5.74, 6) is -2.26. The molecule has 1 saturated carbocycles. The zero-order valence-electron chi connectivity index (χ0n) is 18.7. The van der Waals surface area contributed by atoms with Gasteiger partial charge in [0.1, 0.15) is 0 Å². The van der Waals surface area contributed by atoms with Gasteiger partial charge in [0.05, 0.1) is 17.9 Å². The Morgan fingerprint density at radius 3 is 2.42 bits per heavy atom. The Hall–Kier alpha value is -1.65. The van der Waals surface area contributed by atoms with Crippen LogP contribution in [0.25, 0.3) is 0 Å². The van der Waals surface area contributed by atoms with E-state index in [2.05, 4.69) is 36.3 Å². The summed E-state index contributed by atoms with van der Waals surface area (Å²) < 4.78 is 38.0. The van der Waals surface area contributed by atoms with E-state index in [1.54, 1.807) is 0 Å². The molecule has 1 spiro atoms. The molecule has 178 valence electrons. The fourth-order valence-corrected chi connectivity index (χ4v) is 4.65. The maximum atomic E-state index is 10.6. The van der Waals surface area contributed by atoms with Gasteiger partial charge in [0.15, 0.2) is 0 Å². The highest BCUT2D eigenvalue weighted by Crippen LogP contribution is 2.50. The lowest BCUT2D eigenvalue weighted by atomic mass is 9.71. The van der Waals surface area contributed by atoms with E-state index in [9.17, 15) is 13.2 Å². The number of H-pyrrole nitrogens is 1. The number of alkyl halides is 3. The Morgan fingerprint density at radius 1 is 1.39 bits per heavy atom. The van der Waals surface area contributed by atoms with Gasteiger partial charge in [-0.2, -0.15) is 18.3 Å². The Bertz CT molecular complexity index is 738. The van der Waals surface area contributed by atoms with E-state index in [0.717, 1.165) is 45.3 Å². The molecule has 1 atom stereocenters. The van der Waals surface area contributed by atoms with Crippen molar-refractivity contribution in [2.75, 3.05) is 20.2 Å². The van der Waals surface area contributed by atoms with Gasteiger partial charge in [-0.1, -0.05) is 13.8 Å². The Labute approximate surface area is 181 Å². The van der Waals surface area contributed by atoms with Crippen LogP contribution in [0.3, 0.4) is 0 Å². The molecule has 0 amide bonds. The van der Waals surface area contributed by atoms with Gasteiger partial charge in [-0.25, -0.2) is 4.79 Å². The number of aromatic amines is 1. The number of ether oxygens (including phenoxy) is 1. The smallest absolute Gasteiger partial charge is 0.475 e. The van der Waals surface area contributed by atoms with Crippen molar-refractivity contribution in [3.8, 4) is 0 Å². The molecular weight excluding hydrogens is 413 g/mol. The lowest BCUT2D eigenvalue weighted by Crippen LogP contribution is -2.38. The summed E-state index contributed by atoms with van der Waals surface area (Å²) in [6.07, 6.45) is 3.61. The normalized spacial score (nSPS) is 27.4. The second-order valence-corrected chi connectivity index (χ2v) is 9.85. The maximum absolute atomic E-state index is 10.6. The van der Waals surface area contributed by atoms with Gasteiger partial charge in [0.25, 0.3) is 0 Å². The third kappa shape index (κ3) is 6.66. The number of aliphatic carboxylic acids is 1. The molecule has 0 radical (unpaired) electrons. The molecule has 10 heteroatoms. The van der Waals surface area contributed by atoms with Crippen LogP contribution in [0, 0.1) is 5.41 Å². The van der Waals surface area contributed by atoms with Crippen molar-refractivity contribution < 1.29 is 27.8 Å².